The predicted octanol–water partition coefficient (Wildman–Crippen LogP) is 4.97. The molecule has 0 unspecified atom stereocenters. The Hall–Kier alpha value is -1.83. The molecule has 34 heavy (non-hydrogen) atoms. The lowest BCUT2D eigenvalue weighted by atomic mass is 9.85. The standard InChI is InChI=1S/C26H40ClN3O4/c1-17-15-29(10-11-30(17)25(33)34-26(3,4)5)16-20-13-21(27)14-23(18(20)2)28-24(32)12-19-6-8-22(31)9-7-19/h13-14,17,19,22,31H,6-12,15-16H2,1-5H3,(H,28,32)/t17-,19?,22?/m0/s1. The van der Waals surface area contributed by atoms with Crippen molar-refractivity contribution in [1.82, 2.24) is 9.80 Å². The van der Waals surface area contributed by atoms with Crippen molar-refractivity contribution >= 4 is 29.3 Å². The third-order valence-corrected chi connectivity index (χ3v) is 7.00. The van der Waals surface area contributed by atoms with Crippen LogP contribution in [0.2, 0.25) is 5.02 Å². The third kappa shape index (κ3) is 7.59. The normalized spacial score (nSPS) is 24.1. The Labute approximate surface area is 208 Å². The molecule has 1 heterocycles. The van der Waals surface area contributed by atoms with Crippen LogP contribution in [0.25, 0.3) is 0 Å². The summed E-state index contributed by atoms with van der Waals surface area (Å²) < 4.78 is 5.55. The molecule has 0 aromatic heterocycles. The van der Waals surface area contributed by atoms with E-state index < -0.39 is 5.60 Å². The lowest BCUT2D eigenvalue weighted by Crippen LogP contribution is -2.54. The highest BCUT2D eigenvalue weighted by Gasteiger charge is 2.31. The van der Waals surface area contributed by atoms with Crippen molar-refractivity contribution < 1.29 is 19.4 Å². The highest BCUT2D eigenvalue weighted by molar-refractivity contribution is 6.31. The Bertz CT molecular complexity index is 878. The predicted molar refractivity (Wildman–Crippen MR) is 135 cm³/mol. The van der Waals surface area contributed by atoms with Gasteiger partial charge in [0.1, 0.15) is 5.60 Å². The summed E-state index contributed by atoms with van der Waals surface area (Å²) in [6.45, 7) is 12.5. The topological polar surface area (TPSA) is 82.1 Å². The van der Waals surface area contributed by atoms with E-state index in [-0.39, 0.29) is 24.1 Å². The minimum Gasteiger partial charge on any atom is -0.444 e. The number of nitrogens with zero attached hydrogens (tertiary/aromatic N) is 2. The number of ether oxygens (including phenoxy) is 1. The lowest BCUT2D eigenvalue weighted by molar-refractivity contribution is -0.117. The fourth-order valence-corrected chi connectivity index (χ4v) is 5.09. The molecule has 1 saturated heterocycles. The number of aliphatic hydroxyl groups is 1. The highest BCUT2D eigenvalue weighted by Crippen LogP contribution is 2.30. The number of carbonyl (C=O) groups is 2. The van der Waals surface area contributed by atoms with E-state index in [2.05, 4.69) is 10.2 Å². The SMILES string of the molecule is Cc1c(CN2CCN(C(=O)OC(C)(C)C)[C@@H](C)C2)cc(Cl)cc1NC(=O)CC1CCC(O)CC1. The Morgan fingerprint density at radius 1 is 1.18 bits per heavy atom. The van der Waals surface area contributed by atoms with Crippen molar-refractivity contribution in [3.8, 4) is 0 Å². The van der Waals surface area contributed by atoms with Gasteiger partial charge in [0.2, 0.25) is 5.91 Å². The van der Waals surface area contributed by atoms with E-state index in [1.165, 1.54) is 0 Å². The molecule has 8 heteroatoms. The summed E-state index contributed by atoms with van der Waals surface area (Å²) in [5.41, 5.74) is 2.33. The number of hydrogen-bond acceptors (Lipinski definition) is 5. The molecular weight excluding hydrogens is 454 g/mol. The molecule has 1 atom stereocenters. The Morgan fingerprint density at radius 2 is 1.85 bits per heavy atom. The van der Waals surface area contributed by atoms with Gasteiger partial charge in [-0.2, -0.15) is 0 Å². The summed E-state index contributed by atoms with van der Waals surface area (Å²) in [5, 5.41) is 13.3. The molecule has 2 amide bonds. The zero-order valence-electron chi connectivity index (χ0n) is 21.2. The monoisotopic (exact) mass is 493 g/mol. The van der Waals surface area contributed by atoms with Gasteiger partial charge in [-0.1, -0.05) is 11.6 Å². The number of carbonyl (C=O) groups excluding carboxylic acids is 2. The van der Waals surface area contributed by atoms with Crippen LogP contribution in [-0.4, -0.2) is 64.3 Å². The van der Waals surface area contributed by atoms with Crippen molar-refractivity contribution in [3.05, 3.63) is 28.3 Å². The maximum absolute atomic E-state index is 12.7. The molecule has 1 aliphatic heterocycles. The van der Waals surface area contributed by atoms with Crippen molar-refractivity contribution in [3.63, 3.8) is 0 Å². The molecule has 1 aromatic carbocycles. The minimum absolute atomic E-state index is 0.00250. The van der Waals surface area contributed by atoms with Gasteiger partial charge >= 0.3 is 6.09 Å². The Kier molecular flexibility index (Phi) is 8.87. The average molecular weight is 494 g/mol. The van der Waals surface area contributed by atoms with Gasteiger partial charge in [0, 0.05) is 49.4 Å². The Morgan fingerprint density at radius 3 is 2.47 bits per heavy atom. The number of aliphatic hydroxyl groups excluding tert-OH is 1. The number of rotatable bonds is 5. The molecule has 1 aromatic rings. The molecule has 2 fully saturated rings. The van der Waals surface area contributed by atoms with Gasteiger partial charge in [-0.3, -0.25) is 9.69 Å². The molecular formula is C26H40ClN3O4. The van der Waals surface area contributed by atoms with Gasteiger partial charge in [0.25, 0.3) is 0 Å². The molecule has 190 valence electrons. The van der Waals surface area contributed by atoms with E-state index in [4.69, 9.17) is 16.3 Å². The summed E-state index contributed by atoms with van der Waals surface area (Å²) in [4.78, 5) is 29.3. The van der Waals surface area contributed by atoms with Crippen molar-refractivity contribution in [2.75, 3.05) is 25.0 Å². The molecule has 7 nitrogen and oxygen atoms in total. The van der Waals surface area contributed by atoms with E-state index in [1.807, 2.05) is 46.8 Å². The van der Waals surface area contributed by atoms with Crippen LogP contribution >= 0.6 is 11.6 Å². The van der Waals surface area contributed by atoms with Crippen LogP contribution in [0.1, 0.15) is 70.9 Å². The zero-order chi connectivity index (χ0) is 25.0. The summed E-state index contributed by atoms with van der Waals surface area (Å²) >= 11 is 6.42. The zero-order valence-corrected chi connectivity index (χ0v) is 22.0. The van der Waals surface area contributed by atoms with Gasteiger partial charge in [0.05, 0.1) is 6.10 Å². The van der Waals surface area contributed by atoms with Crippen molar-refractivity contribution in [1.29, 1.82) is 0 Å². The highest BCUT2D eigenvalue weighted by atomic mass is 35.5. The second kappa shape index (κ2) is 11.3. The molecule has 2 aliphatic rings. The first-order chi connectivity index (χ1) is 15.9. The number of amides is 2. The van der Waals surface area contributed by atoms with Crippen LogP contribution < -0.4 is 5.32 Å². The lowest BCUT2D eigenvalue weighted by Gasteiger charge is -2.40. The summed E-state index contributed by atoms with van der Waals surface area (Å²) in [7, 11) is 0. The number of hydrogen-bond donors (Lipinski definition) is 2. The van der Waals surface area contributed by atoms with E-state index in [0.717, 1.165) is 55.6 Å². The second-order valence-corrected chi connectivity index (χ2v) is 11.4. The molecule has 0 radical (unpaired) electrons. The molecule has 2 N–H and O–H groups in total. The third-order valence-electron chi connectivity index (χ3n) is 6.78. The van der Waals surface area contributed by atoms with Crippen LogP contribution in [-0.2, 0) is 16.1 Å². The van der Waals surface area contributed by atoms with Crippen LogP contribution in [0.5, 0.6) is 0 Å². The van der Waals surface area contributed by atoms with Gasteiger partial charge in [-0.05, 0) is 89.5 Å². The molecule has 0 bridgehead atoms. The smallest absolute Gasteiger partial charge is 0.410 e. The summed E-state index contributed by atoms with van der Waals surface area (Å²) in [5.74, 6) is 0.322. The first-order valence-corrected chi connectivity index (χ1v) is 12.8. The van der Waals surface area contributed by atoms with E-state index in [9.17, 15) is 14.7 Å². The maximum atomic E-state index is 12.7. The van der Waals surface area contributed by atoms with Gasteiger partial charge in [-0.15, -0.1) is 0 Å². The van der Waals surface area contributed by atoms with E-state index >= 15 is 0 Å². The number of nitrogens with one attached hydrogen (secondary N) is 1. The van der Waals surface area contributed by atoms with Gasteiger partial charge in [-0.25, -0.2) is 4.79 Å². The molecule has 1 aliphatic carbocycles. The van der Waals surface area contributed by atoms with E-state index in [1.54, 1.807) is 4.90 Å². The van der Waals surface area contributed by atoms with Crippen molar-refractivity contribution in [2.45, 2.75) is 91.0 Å². The van der Waals surface area contributed by atoms with Crippen molar-refractivity contribution in [2.24, 2.45) is 5.92 Å². The fraction of sp³-hybridized carbons (Fsp3) is 0.692. The number of halogens is 1. The quantitative estimate of drug-likeness (QED) is 0.605. The first kappa shape index (κ1) is 26.8. The van der Waals surface area contributed by atoms with E-state index in [0.29, 0.717) is 30.5 Å². The number of piperazine rings is 1. The van der Waals surface area contributed by atoms with Crippen LogP contribution in [0.15, 0.2) is 12.1 Å². The second-order valence-electron chi connectivity index (χ2n) is 10.9. The average Bonchev–Trinajstić information content (AvgIpc) is 2.72. The Balaban J connectivity index is 1.59. The summed E-state index contributed by atoms with van der Waals surface area (Å²) in [6, 6.07) is 3.81. The molecule has 0 spiro atoms. The largest absolute Gasteiger partial charge is 0.444 e. The minimum atomic E-state index is -0.509. The molecule has 1 saturated carbocycles. The number of benzene rings is 1. The number of anilines is 1. The first-order valence-electron chi connectivity index (χ1n) is 12.4. The fourth-order valence-electron chi connectivity index (χ4n) is 4.85. The maximum Gasteiger partial charge on any atom is 0.410 e. The van der Waals surface area contributed by atoms with Gasteiger partial charge < -0.3 is 20.1 Å². The van der Waals surface area contributed by atoms with Gasteiger partial charge in [0.15, 0.2) is 0 Å². The van der Waals surface area contributed by atoms with Crippen LogP contribution in [0.4, 0.5) is 10.5 Å². The summed E-state index contributed by atoms with van der Waals surface area (Å²) in [6.07, 6.45) is 3.32. The van der Waals surface area contributed by atoms with Crippen LogP contribution in [0.3, 0.4) is 0 Å². The van der Waals surface area contributed by atoms with Crippen LogP contribution in [0, 0.1) is 12.8 Å². The molecule has 3 rings (SSSR count).